The second kappa shape index (κ2) is 6.99. The van der Waals surface area contributed by atoms with Crippen molar-refractivity contribution in [3.05, 3.63) is 17.6 Å². The number of carbonyl (C=O) groups is 1. The fourth-order valence-electron chi connectivity index (χ4n) is 2.18. The minimum absolute atomic E-state index is 0.0272. The molecule has 0 radical (unpaired) electrons. The highest BCUT2D eigenvalue weighted by Gasteiger charge is 2.20. The third-order valence-electron chi connectivity index (χ3n) is 3.28. The molecule has 1 aromatic heterocycles. The standard InChI is InChI=1S/C15H19NO5S/c1-11-14(22(2,18)19)10-13(21-11)15(17)16-8-5-7-12-6-3-4-9-20-12/h10,12H,3-4,6,8-9H2,1-2H3,(H,16,17). The van der Waals surface area contributed by atoms with E-state index in [1.807, 2.05) is 0 Å². The lowest BCUT2D eigenvalue weighted by Gasteiger charge is -2.17. The molecule has 1 fully saturated rings. The van der Waals surface area contributed by atoms with Gasteiger partial charge in [0.15, 0.2) is 15.6 Å². The molecule has 1 N–H and O–H groups in total. The van der Waals surface area contributed by atoms with E-state index in [2.05, 4.69) is 17.2 Å². The quantitative estimate of drug-likeness (QED) is 0.847. The van der Waals surface area contributed by atoms with E-state index in [1.54, 1.807) is 0 Å². The van der Waals surface area contributed by atoms with Crippen LogP contribution in [-0.4, -0.2) is 39.8 Å². The van der Waals surface area contributed by atoms with E-state index in [1.165, 1.54) is 13.0 Å². The van der Waals surface area contributed by atoms with Crippen LogP contribution in [0.2, 0.25) is 0 Å². The van der Waals surface area contributed by atoms with Gasteiger partial charge < -0.3 is 14.5 Å². The van der Waals surface area contributed by atoms with Crippen LogP contribution in [0.3, 0.4) is 0 Å². The molecular formula is C15H19NO5S. The van der Waals surface area contributed by atoms with Crippen LogP contribution in [0.25, 0.3) is 0 Å². The summed E-state index contributed by atoms with van der Waals surface area (Å²) in [6.45, 7) is 2.39. The van der Waals surface area contributed by atoms with Crippen LogP contribution in [0.4, 0.5) is 0 Å². The molecule has 0 bridgehead atoms. The second-order valence-corrected chi connectivity index (χ2v) is 7.15. The zero-order chi connectivity index (χ0) is 16.2. The molecule has 1 amide bonds. The zero-order valence-electron chi connectivity index (χ0n) is 12.6. The average molecular weight is 325 g/mol. The van der Waals surface area contributed by atoms with Gasteiger partial charge in [-0.2, -0.15) is 0 Å². The fraction of sp³-hybridized carbons (Fsp3) is 0.533. The summed E-state index contributed by atoms with van der Waals surface area (Å²) >= 11 is 0. The van der Waals surface area contributed by atoms with Crippen molar-refractivity contribution < 1.29 is 22.4 Å². The second-order valence-electron chi connectivity index (χ2n) is 5.16. The third-order valence-corrected chi connectivity index (χ3v) is 4.48. The highest BCUT2D eigenvalue weighted by molar-refractivity contribution is 7.90. The Kier molecular flexibility index (Phi) is 5.27. The number of carbonyl (C=O) groups excluding carboxylic acids is 1. The molecule has 1 aliphatic rings. The highest BCUT2D eigenvalue weighted by atomic mass is 32.2. The van der Waals surface area contributed by atoms with Gasteiger partial charge in [-0.05, 0) is 26.2 Å². The monoisotopic (exact) mass is 325 g/mol. The predicted molar refractivity (Wildman–Crippen MR) is 80.3 cm³/mol. The van der Waals surface area contributed by atoms with Gasteiger partial charge in [-0.25, -0.2) is 8.42 Å². The van der Waals surface area contributed by atoms with Gasteiger partial charge in [0, 0.05) is 18.9 Å². The summed E-state index contributed by atoms with van der Waals surface area (Å²) in [5.74, 6) is 5.48. The Labute approximate surface area is 130 Å². The van der Waals surface area contributed by atoms with Crippen LogP contribution in [0, 0.1) is 18.8 Å². The number of amides is 1. The lowest BCUT2D eigenvalue weighted by atomic mass is 10.1. The number of nitrogens with one attached hydrogen (secondary N) is 1. The van der Waals surface area contributed by atoms with Crippen LogP contribution in [0.5, 0.6) is 0 Å². The van der Waals surface area contributed by atoms with E-state index >= 15 is 0 Å². The van der Waals surface area contributed by atoms with Crippen LogP contribution < -0.4 is 5.32 Å². The summed E-state index contributed by atoms with van der Waals surface area (Å²) < 4.78 is 33.6. The molecule has 1 unspecified atom stereocenters. The first kappa shape index (κ1) is 16.6. The molecule has 0 aromatic carbocycles. The first-order chi connectivity index (χ1) is 10.4. The number of sulfone groups is 1. The first-order valence-corrected chi connectivity index (χ1v) is 8.96. The fourth-order valence-corrected chi connectivity index (χ4v) is 3.06. The molecule has 1 saturated heterocycles. The van der Waals surface area contributed by atoms with Crippen molar-refractivity contribution >= 4 is 15.7 Å². The van der Waals surface area contributed by atoms with Crippen LogP contribution >= 0.6 is 0 Å². The van der Waals surface area contributed by atoms with E-state index in [9.17, 15) is 13.2 Å². The lowest BCUT2D eigenvalue weighted by molar-refractivity contribution is 0.0525. The van der Waals surface area contributed by atoms with E-state index in [0.717, 1.165) is 32.1 Å². The van der Waals surface area contributed by atoms with E-state index in [4.69, 9.17) is 9.15 Å². The molecule has 1 atom stereocenters. The van der Waals surface area contributed by atoms with Gasteiger partial charge in [0.2, 0.25) is 0 Å². The molecule has 1 aliphatic heterocycles. The Hall–Kier alpha value is -1.78. The van der Waals surface area contributed by atoms with Crippen LogP contribution in [0.1, 0.15) is 35.6 Å². The molecular weight excluding hydrogens is 306 g/mol. The van der Waals surface area contributed by atoms with Gasteiger partial charge in [0.25, 0.3) is 5.91 Å². The van der Waals surface area contributed by atoms with Gasteiger partial charge in [-0.3, -0.25) is 4.79 Å². The number of rotatable bonds is 3. The highest BCUT2D eigenvalue weighted by Crippen LogP contribution is 2.19. The smallest absolute Gasteiger partial charge is 0.287 e. The van der Waals surface area contributed by atoms with Crippen molar-refractivity contribution in [2.75, 3.05) is 19.4 Å². The Morgan fingerprint density at radius 1 is 1.45 bits per heavy atom. The zero-order valence-corrected chi connectivity index (χ0v) is 13.5. The first-order valence-electron chi connectivity index (χ1n) is 7.06. The molecule has 2 heterocycles. The minimum Gasteiger partial charge on any atom is -0.455 e. The van der Waals surface area contributed by atoms with Crippen molar-refractivity contribution in [2.45, 2.75) is 37.2 Å². The molecule has 22 heavy (non-hydrogen) atoms. The largest absolute Gasteiger partial charge is 0.455 e. The van der Waals surface area contributed by atoms with Crippen molar-refractivity contribution in [1.82, 2.24) is 5.32 Å². The molecule has 0 saturated carbocycles. The Morgan fingerprint density at radius 2 is 2.23 bits per heavy atom. The van der Waals surface area contributed by atoms with Crippen LogP contribution in [0.15, 0.2) is 15.4 Å². The third kappa shape index (κ3) is 4.36. The number of hydrogen-bond acceptors (Lipinski definition) is 5. The molecule has 120 valence electrons. The molecule has 1 aromatic rings. The summed E-state index contributed by atoms with van der Waals surface area (Å²) in [4.78, 5) is 11.9. The van der Waals surface area contributed by atoms with Gasteiger partial charge in [0.05, 0.1) is 6.54 Å². The summed E-state index contributed by atoms with van der Waals surface area (Å²) in [7, 11) is -3.40. The molecule has 7 heteroatoms. The van der Waals surface area contributed by atoms with Crippen LogP contribution in [-0.2, 0) is 14.6 Å². The van der Waals surface area contributed by atoms with Gasteiger partial charge >= 0.3 is 0 Å². The van der Waals surface area contributed by atoms with Gasteiger partial charge in [0.1, 0.15) is 16.8 Å². The summed E-state index contributed by atoms with van der Waals surface area (Å²) in [6.07, 6.45) is 4.09. The molecule has 6 nitrogen and oxygen atoms in total. The summed E-state index contributed by atoms with van der Waals surface area (Å²) in [5.41, 5.74) is 0. The summed E-state index contributed by atoms with van der Waals surface area (Å²) in [6, 6.07) is 1.23. The van der Waals surface area contributed by atoms with Gasteiger partial charge in [-0.15, -0.1) is 0 Å². The Morgan fingerprint density at radius 3 is 2.82 bits per heavy atom. The normalized spacial score (nSPS) is 18.4. The maximum absolute atomic E-state index is 11.9. The average Bonchev–Trinajstić information content (AvgIpc) is 2.87. The summed E-state index contributed by atoms with van der Waals surface area (Å²) in [5, 5.41) is 2.57. The predicted octanol–water partition coefficient (Wildman–Crippen LogP) is 1.29. The van der Waals surface area contributed by atoms with Crippen molar-refractivity contribution in [3.8, 4) is 11.8 Å². The molecule has 0 aliphatic carbocycles. The Balaban J connectivity index is 1.91. The molecule has 0 spiro atoms. The maximum atomic E-state index is 11.9. The SMILES string of the molecule is Cc1oc(C(=O)NCC#CC2CCCCO2)cc1S(C)(=O)=O. The van der Waals surface area contributed by atoms with Crippen molar-refractivity contribution in [3.63, 3.8) is 0 Å². The topological polar surface area (TPSA) is 85.6 Å². The van der Waals surface area contributed by atoms with Crippen molar-refractivity contribution in [2.24, 2.45) is 0 Å². The number of hydrogen-bond donors (Lipinski definition) is 1. The number of ether oxygens (including phenoxy) is 1. The maximum Gasteiger partial charge on any atom is 0.287 e. The number of furan rings is 1. The van der Waals surface area contributed by atoms with E-state index in [-0.39, 0.29) is 29.1 Å². The van der Waals surface area contributed by atoms with Gasteiger partial charge in [-0.1, -0.05) is 11.8 Å². The van der Waals surface area contributed by atoms with E-state index < -0.39 is 15.7 Å². The lowest BCUT2D eigenvalue weighted by Crippen LogP contribution is -2.23. The van der Waals surface area contributed by atoms with E-state index in [0.29, 0.717) is 0 Å². The van der Waals surface area contributed by atoms with Crippen molar-refractivity contribution in [1.29, 1.82) is 0 Å². The Bertz CT molecular complexity index is 702. The molecule has 2 rings (SSSR count). The number of aryl methyl sites for hydroxylation is 1. The minimum atomic E-state index is -3.40.